The summed E-state index contributed by atoms with van der Waals surface area (Å²) < 4.78 is 35.7. The van der Waals surface area contributed by atoms with E-state index in [-0.39, 0.29) is 28.4 Å². The Bertz CT molecular complexity index is 573. The van der Waals surface area contributed by atoms with Gasteiger partial charge in [-0.15, -0.1) is 0 Å². The number of sulfonamides is 1. The summed E-state index contributed by atoms with van der Waals surface area (Å²) in [5.74, 6) is -0.654. The van der Waals surface area contributed by atoms with Gasteiger partial charge in [-0.05, 0) is 0 Å². The zero-order chi connectivity index (χ0) is 14.0. The average molecular weight is 327 g/mol. The van der Waals surface area contributed by atoms with E-state index >= 15 is 0 Å². The normalized spacial score (nSPS) is 21.3. The quantitative estimate of drug-likeness (QED) is 0.745. The maximum absolute atomic E-state index is 12.4. The van der Waals surface area contributed by atoms with Gasteiger partial charge in [0.05, 0.1) is 26.5 Å². The van der Waals surface area contributed by atoms with Gasteiger partial charge in [0.1, 0.15) is 6.04 Å². The Morgan fingerprint density at radius 3 is 3.00 bits per heavy atom. The maximum atomic E-state index is 12.4. The number of aromatic nitrogens is 1. The average Bonchev–Trinajstić information content (AvgIpc) is 2.85. The molecule has 0 amide bonds. The Morgan fingerprint density at radius 2 is 2.42 bits per heavy atom. The Hall–Kier alpha value is -0.740. The van der Waals surface area contributed by atoms with E-state index in [4.69, 9.17) is 16.3 Å². The monoisotopic (exact) mass is 326 g/mol. The lowest BCUT2D eigenvalue weighted by atomic mass is 10.3. The number of carbonyl (C=O) groups is 1. The van der Waals surface area contributed by atoms with Crippen molar-refractivity contribution < 1.29 is 22.7 Å². The molecule has 1 saturated heterocycles. The Labute approximate surface area is 119 Å². The van der Waals surface area contributed by atoms with E-state index in [1.54, 1.807) is 0 Å². The molecule has 0 spiro atoms. The molecule has 1 aromatic heterocycles. The van der Waals surface area contributed by atoms with E-state index in [1.807, 2.05) is 0 Å². The van der Waals surface area contributed by atoms with E-state index in [0.717, 1.165) is 15.6 Å². The number of halogens is 1. The van der Waals surface area contributed by atoms with Gasteiger partial charge in [0.2, 0.25) is 0 Å². The molecule has 1 fully saturated rings. The summed E-state index contributed by atoms with van der Waals surface area (Å²) in [5, 5.41) is 0. The fourth-order valence-electron chi connectivity index (χ4n) is 1.67. The van der Waals surface area contributed by atoms with Crippen molar-refractivity contribution in [3.63, 3.8) is 0 Å². The van der Waals surface area contributed by atoms with Gasteiger partial charge in [-0.2, -0.15) is 4.31 Å². The first-order chi connectivity index (χ1) is 8.96. The van der Waals surface area contributed by atoms with Crippen LogP contribution in [-0.4, -0.2) is 56.6 Å². The number of rotatable bonds is 3. The lowest BCUT2D eigenvalue weighted by molar-refractivity contribution is -0.149. The molecule has 10 heteroatoms. The molecular weight excluding hydrogens is 316 g/mol. The fraction of sp³-hybridized carbons (Fsp3) is 0.556. The number of hydrogen-bond acceptors (Lipinski definition) is 7. The van der Waals surface area contributed by atoms with Gasteiger partial charge in [0.15, 0.2) is 8.68 Å². The van der Waals surface area contributed by atoms with Crippen LogP contribution in [0.4, 0.5) is 0 Å². The maximum Gasteiger partial charge on any atom is 0.326 e. The van der Waals surface area contributed by atoms with Crippen LogP contribution in [-0.2, 0) is 24.3 Å². The molecule has 0 bridgehead atoms. The smallest absolute Gasteiger partial charge is 0.326 e. The SMILES string of the molecule is COC(=O)C1COCCN1S(=O)(=O)c1cnc(Cl)s1. The highest BCUT2D eigenvalue weighted by Gasteiger charge is 2.39. The summed E-state index contributed by atoms with van der Waals surface area (Å²) in [5.41, 5.74) is 0. The predicted molar refractivity (Wildman–Crippen MR) is 67.6 cm³/mol. The van der Waals surface area contributed by atoms with E-state index in [0.29, 0.717) is 0 Å². The molecule has 7 nitrogen and oxygen atoms in total. The molecule has 2 rings (SSSR count). The zero-order valence-corrected chi connectivity index (χ0v) is 12.3. The van der Waals surface area contributed by atoms with E-state index in [9.17, 15) is 13.2 Å². The Balaban J connectivity index is 2.34. The standard InChI is InChI=1S/C9H11ClN2O5S2/c1-16-8(13)6-5-17-3-2-12(6)19(14,15)7-4-11-9(10)18-7/h4,6H,2-3,5H2,1H3. The van der Waals surface area contributed by atoms with Crippen LogP contribution in [0.3, 0.4) is 0 Å². The summed E-state index contributed by atoms with van der Waals surface area (Å²) in [4.78, 5) is 15.3. The highest BCUT2D eigenvalue weighted by atomic mass is 35.5. The highest BCUT2D eigenvalue weighted by Crippen LogP contribution is 2.27. The van der Waals surface area contributed by atoms with Crippen molar-refractivity contribution in [2.75, 3.05) is 26.9 Å². The first-order valence-electron chi connectivity index (χ1n) is 5.25. The lowest BCUT2D eigenvalue weighted by Crippen LogP contribution is -2.52. The van der Waals surface area contributed by atoms with Crippen molar-refractivity contribution in [2.24, 2.45) is 0 Å². The highest BCUT2D eigenvalue weighted by molar-refractivity contribution is 7.91. The van der Waals surface area contributed by atoms with Crippen LogP contribution in [0.25, 0.3) is 0 Å². The van der Waals surface area contributed by atoms with E-state index in [2.05, 4.69) is 9.72 Å². The summed E-state index contributed by atoms with van der Waals surface area (Å²) in [7, 11) is -2.62. The number of esters is 1. The molecule has 106 valence electrons. The zero-order valence-electron chi connectivity index (χ0n) is 9.91. The summed E-state index contributed by atoms with van der Waals surface area (Å²) >= 11 is 6.48. The molecule has 0 aromatic carbocycles. The molecule has 0 N–H and O–H groups in total. The molecule has 0 aliphatic carbocycles. The molecule has 0 radical (unpaired) electrons. The summed E-state index contributed by atoms with van der Waals surface area (Å²) in [6, 6.07) is -0.982. The third-order valence-electron chi connectivity index (χ3n) is 2.57. The number of carbonyl (C=O) groups excluding carboxylic acids is 1. The first kappa shape index (κ1) is 14.7. The van der Waals surface area contributed by atoms with Crippen molar-refractivity contribution >= 4 is 38.9 Å². The molecule has 1 aromatic rings. The van der Waals surface area contributed by atoms with Gasteiger partial charge in [0, 0.05) is 6.54 Å². The molecule has 2 heterocycles. The number of nitrogens with zero attached hydrogens (tertiary/aromatic N) is 2. The lowest BCUT2D eigenvalue weighted by Gasteiger charge is -2.31. The van der Waals surface area contributed by atoms with Gasteiger partial charge in [-0.3, -0.25) is 4.79 Å². The topological polar surface area (TPSA) is 85.8 Å². The van der Waals surface area contributed by atoms with Crippen LogP contribution in [0.2, 0.25) is 4.47 Å². The van der Waals surface area contributed by atoms with E-state index in [1.165, 1.54) is 13.3 Å². The second-order valence-corrected chi connectivity index (χ2v) is 7.39. The minimum Gasteiger partial charge on any atom is -0.468 e. The third-order valence-corrected chi connectivity index (χ3v) is 6.03. The number of thiazole rings is 1. The molecule has 1 atom stereocenters. The van der Waals surface area contributed by atoms with Gasteiger partial charge in [-0.25, -0.2) is 13.4 Å². The van der Waals surface area contributed by atoms with Crippen molar-refractivity contribution in [1.82, 2.24) is 9.29 Å². The Morgan fingerprint density at radius 1 is 1.68 bits per heavy atom. The van der Waals surface area contributed by atoms with Gasteiger partial charge in [-0.1, -0.05) is 22.9 Å². The molecule has 1 unspecified atom stereocenters. The van der Waals surface area contributed by atoms with Crippen LogP contribution in [0.1, 0.15) is 0 Å². The number of methoxy groups -OCH3 is 1. The number of hydrogen-bond donors (Lipinski definition) is 0. The van der Waals surface area contributed by atoms with Crippen LogP contribution in [0.5, 0.6) is 0 Å². The van der Waals surface area contributed by atoms with Crippen molar-refractivity contribution in [2.45, 2.75) is 10.3 Å². The summed E-state index contributed by atoms with van der Waals surface area (Å²) in [6.45, 7) is 0.273. The van der Waals surface area contributed by atoms with Gasteiger partial charge < -0.3 is 9.47 Å². The summed E-state index contributed by atoms with van der Waals surface area (Å²) in [6.07, 6.45) is 1.17. The third kappa shape index (κ3) is 2.90. The van der Waals surface area contributed by atoms with Crippen LogP contribution < -0.4 is 0 Å². The molecule has 1 aliphatic heterocycles. The number of ether oxygens (including phenoxy) is 2. The van der Waals surface area contributed by atoms with E-state index < -0.39 is 22.0 Å². The minimum atomic E-state index is -3.82. The van der Waals surface area contributed by atoms with Crippen molar-refractivity contribution in [3.05, 3.63) is 10.7 Å². The molecule has 0 saturated carbocycles. The van der Waals surface area contributed by atoms with Crippen LogP contribution >= 0.6 is 22.9 Å². The molecule has 19 heavy (non-hydrogen) atoms. The number of morpholine rings is 1. The largest absolute Gasteiger partial charge is 0.468 e. The van der Waals surface area contributed by atoms with Crippen LogP contribution in [0.15, 0.2) is 10.4 Å². The molecule has 1 aliphatic rings. The van der Waals surface area contributed by atoms with Crippen molar-refractivity contribution in [1.29, 1.82) is 0 Å². The first-order valence-corrected chi connectivity index (χ1v) is 7.89. The fourth-order valence-corrected chi connectivity index (χ4v) is 4.64. The van der Waals surface area contributed by atoms with Gasteiger partial charge >= 0.3 is 5.97 Å². The second-order valence-electron chi connectivity index (χ2n) is 3.66. The predicted octanol–water partition coefficient (Wildman–Crippen LogP) is 0.359. The van der Waals surface area contributed by atoms with Gasteiger partial charge in [0.25, 0.3) is 10.0 Å². The van der Waals surface area contributed by atoms with Crippen LogP contribution in [0, 0.1) is 0 Å². The van der Waals surface area contributed by atoms with Crippen molar-refractivity contribution in [3.8, 4) is 0 Å². The minimum absolute atomic E-state index is 0.00620. The Kier molecular flexibility index (Phi) is 4.41. The second kappa shape index (κ2) is 5.71. The molecular formula is C9H11ClN2O5S2.